The summed E-state index contributed by atoms with van der Waals surface area (Å²) in [5.74, 6) is 0.417. The monoisotopic (exact) mass is 409 g/mol. The fourth-order valence-corrected chi connectivity index (χ4v) is 4.11. The van der Waals surface area contributed by atoms with Crippen molar-refractivity contribution in [2.75, 3.05) is 18.4 Å². The first-order valence-corrected chi connectivity index (χ1v) is 10.2. The highest BCUT2D eigenvalue weighted by Crippen LogP contribution is 2.29. The molecule has 8 nitrogen and oxygen atoms in total. The molecule has 0 atom stereocenters. The molecule has 4 rings (SSSR count). The van der Waals surface area contributed by atoms with Crippen LogP contribution in [0.4, 0.5) is 10.7 Å². The van der Waals surface area contributed by atoms with Crippen LogP contribution in [0.2, 0.25) is 0 Å². The summed E-state index contributed by atoms with van der Waals surface area (Å²) in [6, 6.07) is 13.9. The molecule has 0 radical (unpaired) electrons. The number of hydrogen-bond acceptors (Lipinski definition) is 5. The number of pyridine rings is 1. The van der Waals surface area contributed by atoms with E-state index in [2.05, 4.69) is 44.6 Å². The fraction of sp³-hybridized carbons (Fsp3) is 0.409. The van der Waals surface area contributed by atoms with Crippen LogP contribution in [0.1, 0.15) is 32.3 Å². The van der Waals surface area contributed by atoms with Gasteiger partial charge >= 0.3 is 6.09 Å². The Morgan fingerprint density at radius 1 is 1.17 bits per heavy atom. The minimum Gasteiger partial charge on any atom is -0.465 e. The van der Waals surface area contributed by atoms with E-state index in [1.807, 2.05) is 26.0 Å². The van der Waals surface area contributed by atoms with Gasteiger partial charge in [0.25, 0.3) is 5.95 Å². The van der Waals surface area contributed by atoms with Crippen LogP contribution in [0.3, 0.4) is 0 Å². The van der Waals surface area contributed by atoms with E-state index in [0.29, 0.717) is 11.6 Å². The highest BCUT2D eigenvalue weighted by Gasteiger charge is 2.30. The van der Waals surface area contributed by atoms with Gasteiger partial charge < -0.3 is 10.2 Å². The Morgan fingerprint density at radius 3 is 2.50 bits per heavy atom. The first-order chi connectivity index (χ1) is 14.3. The molecular formula is C22H27N5O3. The molecule has 1 saturated heterocycles. The summed E-state index contributed by atoms with van der Waals surface area (Å²) < 4.78 is 1.64. The van der Waals surface area contributed by atoms with Gasteiger partial charge in [-0.15, -0.1) is 5.10 Å². The predicted molar refractivity (Wildman–Crippen MR) is 114 cm³/mol. The molecule has 3 N–H and O–H groups in total. The number of carbonyl (C=O) groups is 1. The third-order valence-electron chi connectivity index (χ3n) is 5.82. The van der Waals surface area contributed by atoms with E-state index >= 15 is 0 Å². The van der Waals surface area contributed by atoms with Crippen molar-refractivity contribution in [2.45, 2.75) is 38.8 Å². The number of carboxylic acid groups (broad SMARTS) is 1. The lowest BCUT2D eigenvalue weighted by Gasteiger charge is -2.37. The second-order valence-electron chi connectivity index (χ2n) is 8.45. The van der Waals surface area contributed by atoms with Crippen LogP contribution in [0.15, 0.2) is 42.5 Å². The number of benzene rings is 1. The highest BCUT2D eigenvalue weighted by atomic mass is 16.4. The van der Waals surface area contributed by atoms with Crippen molar-refractivity contribution in [1.82, 2.24) is 19.5 Å². The summed E-state index contributed by atoms with van der Waals surface area (Å²) in [5, 5.41) is 25.5. The van der Waals surface area contributed by atoms with Crippen molar-refractivity contribution in [3.8, 4) is 11.3 Å². The topological polar surface area (TPSA) is 103 Å². The maximum Gasteiger partial charge on any atom is 0.411 e. The molecule has 30 heavy (non-hydrogen) atoms. The standard InChI is InChI=1S/C22H27N5O3/c1-22(2,30)17-10-12-26(13-11-17)14-15-6-8-16(9-7-15)18-4-3-5-19-23-20(24-21(28)29)25-27(18)19/h3-9,17,30H,10-14H2,1-2H3,(H,24,25)(H,28,29). The third kappa shape index (κ3) is 4.44. The molecule has 0 saturated carbocycles. The fourth-order valence-electron chi connectivity index (χ4n) is 4.11. The Bertz CT molecular complexity index is 1030. The van der Waals surface area contributed by atoms with Gasteiger partial charge in [0.1, 0.15) is 0 Å². The van der Waals surface area contributed by atoms with E-state index in [-0.39, 0.29) is 5.95 Å². The molecule has 0 aliphatic carbocycles. The number of nitrogens with one attached hydrogen (secondary N) is 1. The van der Waals surface area contributed by atoms with E-state index in [0.717, 1.165) is 43.7 Å². The highest BCUT2D eigenvalue weighted by molar-refractivity contribution is 5.80. The summed E-state index contributed by atoms with van der Waals surface area (Å²) in [4.78, 5) is 17.5. The number of fused-ring (bicyclic) bond motifs is 1. The van der Waals surface area contributed by atoms with Gasteiger partial charge in [-0.3, -0.25) is 10.2 Å². The van der Waals surface area contributed by atoms with Crippen molar-refractivity contribution in [3.63, 3.8) is 0 Å². The molecule has 0 spiro atoms. The number of nitrogens with zero attached hydrogens (tertiary/aromatic N) is 4. The average Bonchev–Trinajstić information content (AvgIpc) is 3.10. The SMILES string of the molecule is CC(C)(O)C1CCN(Cc2ccc(-c3cccc4nc(NC(=O)O)nn34)cc2)CC1. The largest absolute Gasteiger partial charge is 0.465 e. The van der Waals surface area contributed by atoms with Gasteiger partial charge in [0.05, 0.1) is 11.3 Å². The molecule has 1 fully saturated rings. The average molecular weight is 409 g/mol. The van der Waals surface area contributed by atoms with Crippen LogP contribution in [-0.2, 0) is 6.54 Å². The first-order valence-electron chi connectivity index (χ1n) is 10.2. The smallest absolute Gasteiger partial charge is 0.411 e. The zero-order valence-corrected chi connectivity index (χ0v) is 17.2. The Balaban J connectivity index is 1.46. The van der Waals surface area contributed by atoms with E-state index in [4.69, 9.17) is 5.11 Å². The second kappa shape index (κ2) is 8.04. The number of piperidine rings is 1. The molecule has 158 valence electrons. The predicted octanol–water partition coefficient (Wildman–Crippen LogP) is 3.47. The maximum absolute atomic E-state index is 10.9. The van der Waals surface area contributed by atoms with Crippen LogP contribution in [-0.4, -0.2) is 54.5 Å². The molecule has 3 aromatic rings. The zero-order chi connectivity index (χ0) is 21.3. The minimum atomic E-state index is -1.19. The van der Waals surface area contributed by atoms with E-state index in [9.17, 15) is 9.90 Å². The van der Waals surface area contributed by atoms with Crippen molar-refractivity contribution in [1.29, 1.82) is 0 Å². The molecule has 3 heterocycles. The molecular weight excluding hydrogens is 382 g/mol. The van der Waals surface area contributed by atoms with E-state index < -0.39 is 11.7 Å². The summed E-state index contributed by atoms with van der Waals surface area (Å²) >= 11 is 0. The zero-order valence-electron chi connectivity index (χ0n) is 17.2. The summed E-state index contributed by atoms with van der Waals surface area (Å²) in [6.07, 6.45) is 0.842. The molecule has 1 aliphatic heterocycles. The minimum absolute atomic E-state index is 0.0565. The number of aromatic nitrogens is 3. The Hall–Kier alpha value is -2.97. The first kappa shape index (κ1) is 20.3. The number of rotatable bonds is 5. The van der Waals surface area contributed by atoms with Gasteiger partial charge in [-0.05, 0) is 63.4 Å². The van der Waals surface area contributed by atoms with Crippen molar-refractivity contribution in [2.24, 2.45) is 5.92 Å². The molecule has 2 aromatic heterocycles. The molecule has 8 heteroatoms. The number of aliphatic hydroxyl groups is 1. The van der Waals surface area contributed by atoms with Crippen molar-refractivity contribution < 1.29 is 15.0 Å². The van der Waals surface area contributed by atoms with Gasteiger partial charge in [-0.2, -0.15) is 4.98 Å². The molecule has 1 aliphatic rings. The summed E-state index contributed by atoms with van der Waals surface area (Å²) in [6.45, 7) is 6.69. The maximum atomic E-state index is 10.9. The van der Waals surface area contributed by atoms with Gasteiger partial charge in [0.15, 0.2) is 5.65 Å². The Labute approximate surface area is 175 Å². The number of anilines is 1. The van der Waals surface area contributed by atoms with Gasteiger partial charge in [0, 0.05) is 12.1 Å². The van der Waals surface area contributed by atoms with Crippen LogP contribution in [0.5, 0.6) is 0 Å². The van der Waals surface area contributed by atoms with Crippen molar-refractivity contribution in [3.05, 3.63) is 48.0 Å². The normalized spacial score (nSPS) is 16.1. The van der Waals surface area contributed by atoms with Crippen LogP contribution >= 0.6 is 0 Å². The lowest BCUT2D eigenvalue weighted by Crippen LogP contribution is -2.41. The van der Waals surface area contributed by atoms with Crippen molar-refractivity contribution >= 4 is 17.7 Å². The van der Waals surface area contributed by atoms with Gasteiger partial charge in [-0.1, -0.05) is 30.3 Å². The Morgan fingerprint density at radius 2 is 1.87 bits per heavy atom. The van der Waals surface area contributed by atoms with Gasteiger partial charge in [0.2, 0.25) is 0 Å². The molecule has 0 bridgehead atoms. The molecule has 1 amide bonds. The number of likely N-dealkylation sites (tertiary alicyclic amines) is 1. The molecule has 1 aromatic carbocycles. The lowest BCUT2D eigenvalue weighted by molar-refractivity contribution is -0.0136. The molecule has 0 unspecified atom stereocenters. The van der Waals surface area contributed by atoms with Crippen LogP contribution in [0, 0.1) is 5.92 Å². The number of amides is 1. The second-order valence-corrected chi connectivity index (χ2v) is 8.45. The summed E-state index contributed by atoms with van der Waals surface area (Å²) in [7, 11) is 0. The lowest BCUT2D eigenvalue weighted by atomic mass is 9.83. The third-order valence-corrected chi connectivity index (χ3v) is 5.82. The quantitative estimate of drug-likeness (QED) is 0.596. The van der Waals surface area contributed by atoms with Crippen LogP contribution in [0.25, 0.3) is 16.9 Å². The summed E-state index contributed by atoms with van der Waals surface area (Å²) in [5.41, 5.74) is 3.04. The number of hydrogen-bond donors (Lipinski definition) is 3. The van der Waals surface area contributed by atoms with E-state index in [1.165, 1.54) is 5.56 Å². The Kier molecular flexibility index (Phi) is 5.44. The van der Waals surface area contributed by atoms with Gasteiger partial charge in [-0.25, -0.2) is 9.31 Å². The van der Waals surface area contributed by atoms with E-state index in [1.54, 1.807) is 10.6 Å². The van der Waals surface area contributed by atoms with Crippen LogP contribution < -0.4 is 5.32 Å².